The highest BCUT2D eigenvalue weighted by molar-refractivity contribution is 6.36. The number of amides is 1. The van der Waals surface area contributed by atoms with Gasteiger partial charge in [0.1, 0.15) is 10.7 Å². The van der Waals surface area contributed by atoms with Gasteiger partial charge in [0.15, 0.2) is 11.3 Å². The molecule has 7 nitrogen and oxygen atoms in total. The lowest BCUT2D eigenvalue weighted by molar-refractivity contribution is -0.142. The van der Waals surface area contributed by atoms with E-state index in [0.29, 0.717) is 4.52 Å². The molecule has 3 aromatic rings. The zero-order valence-corrected chi connectivity index (χ0v) is 14.8. The molecule has 0 atom stereocenters. The minimum absolute atomic E-state index is 0.115. The van der Waals surface area contributed by atoms with Crippen LogP contribution in [0.1, 0.15) is 33.1 Å². The van der Waals surface area contributed by atoms with Crippen molar-refractivity contribution in [2.24, 2.45) is 7.05 Å². The van der Waals surface area contributed by atoms with Crippen LogP contribution < -0.4 is 5.32 Å². The molecule has 3 heterocycles. The molecule has 0 aliphatic heterocycles. The van der Waals surface area contributed by atoms with Crippen molar-refractivity contribution in [2.75, 3.05) is 0 Å². The number of rotatable bonds is 3. The molecule has 0 saturated carbocycles. The van der Waals surface area contributed by atoms with Gasteiger partial charge in [-0.3, -0.25) is 9.48 Å². The minimum atomic E-state index is -4.66. The Kier molecular flexibility index (Phi) is 4.39. The topological polar surface area (TPSA) is 77.1 Å². The van der Waals surface area contributed by atoms with Crippen molar-refractivity contribution in [3.8, 4) is 0 Å². The fourth-order valence-electron chi connectivity index (χ4n) is 2.44. The summed E-state index contributed by atoms with van der Waals surface area (Å²) in [7, 11) is 1.76. The smallest absolute Gasteiger partial charge is 0.346 e. The SMILES string of the molecule is Cc1cc(C(F)(F)F)n2nc(C(=O)NCc3cnn(C)c3C)c(Cl)c2n1. The number of alkyl halides is 3. The molecule has 3 rings (SSSR count). The van der Waals surface area contributed by atoms with E-state index in [-0.39, 0.29) is 28.6 Å². The molecule has 0 aliphatic carbocycles. The van der Waals surface area contributed by atoms with Crippen LogP contribution >= 0.6 is 11.6 Å². The number of aromatic nitrogens is 5. The van der Waals surface area contributed by atoms with E-state index in [9.17, 15) is 18.0 Å². The number of carbonyl (C=O) groups excluding carboxylic acids is 1. The highest BCUT2D eigenvalue weighted by Crippen LogP contribution is 2.32. The lowest BCUT2D eigenvalue weighted by atomic mass is 10.2. The molecule has 0 radical (unpaired) electrons. The van der Waals surface area contributed by atoms with Crippen LogP contribution in [0.25, 0.3) is 5.65 Å². The first-order valence-electron chi connectivity index (χ1n) is 7.48. The molecule has 0 aliphatic rings. The lowest BCUT2D eigenvalue weighted by Crippen LogP contribution is -2.24. The average Bonchev–Trinajstić information content (AvgIpc) is 3.05. The summed E-state index contributed by atoms with van der Waals surface area (Å²) in [6.45, 7) is 3.37. The van der Waals surface area contributed by atoms with Crippen molar-refractivity contribution in [3.05, 3.63) is 45.6 Å². The van der Waals surface area contributed by atoms with Gasteiger partial charge in [-0.15, -0.1) is 0 Å². The normalized spacial score (nSPS) is 12.0. The minimum Gasteiger partial charge on any atom is -0.346 e. The molecule has 0 saturated heterocycles. The van der Waals surface area contributed by atoms with E-state index in [0.717, 1.165) is 17.3 Å². The molecule has 3 aromatic heterocycles. The highest BCUT2D eigenvalue weighted by atomic mass is 35.5. The quantitative estimate of drug-likeness (QED) is 0.750. The van der Waals surface area contributed by atoms with Crippen LogP contribution in [-0.4, -0.2) is 30.3 Å². The van der Waals surface area contributed by atoms with E-state index in [1.54, 1.807) is 17.9 Å². The zero-order chi connectivity index (χ0) is 19.2. The number of carbonyl (C=O) groups is 1. The van der Waals surface area contributed by atoms with Crippen LogP contribution in [0, 0.1) is 13.8 Å². The van der Waals surface area contributed by atoms with Crippen LogP contribution in [0.2, 0.25) is 5.02 Å². The van der Waals surface area contributed by atoms with Gasteiger partial charge in [0.25, 0.3) is 5.91 Å². The Bertz CT molecular complexity index is 1010. The van der Waals surface area contributed by atoms with Crippen LogP contribution in [-0.2, 0) is 19.8 Å². The Balaban J connectivity index is 1.96. The number of fused-ring (bicyclic) bond motifs is 1. The standard InChI is InChI=1S/C15H14ClF3N6O/c1-7-4-10(15(17,18)19)25-13(22-7)11(16)12(23-25)14(26)20-5-9-6-21-24(3)8(9)2/h4,6H,5H2,1-3H3,(H,20,26). The Morgan fingerprint density at radius 3 is 2.62 bits per heavy atom. The number of aryl methyl sites for hydroxylation is 2. The Labute approximate surface area is 150 Å². The third-order valence-electron chi connectivity index (χ3n) is 3.94. The van der Waals surface area contributed by atoms with E-state index < -0.39 is 17.8 Å². The molecule has 138 valence electrons. The first-order chi connectivity index (χ1) is 12.1. The summed E-state index contributed by atoms with van der Waals surface area (Å²) in [5, 5.41) is 10.1. The van der Waals surface area contributed by atoms with Crippen LogP contribution in [0.4, 0.5) is 13.2 Å². The van der Waals surface area contributed by atoms with Crippen LogP contribution in [0.15, 0.2) is 12.3 Å². The van der Waals surface area contributed by atoms with Gasteiger partial charge in [-0.1, -0.05) is 11.6 Å². The molecule has 1 N–H and O–H groups in total. The molecule has 0 bridgehead atoms. The van der Waals surface area contributed by atoms with Crippen molar-refractivity contribution < 1.29 is 18.0 Å². The van der Waals surface area contributed by atoms with Gasteiger partial charge >= 0.3 is 6.18 Å². The summed E-state index contributed by atoms with van der Waals surface area (Å²) in [6, 6.07) is 0.844. The summed E-state index contributed by atoms with van der Waals surface area (Å²) in [4.78, 5) is 16.3. The van der Waals surface area contributed by atoms with Crippen molar-refractivity contribution in [3.63, 3.8) is 0 Å². The van der Waals surface area contributed by atoms with E-state index in [1.807, 2.05) is 6.92 Å². The van der Waals surface area contributed by atoms with Gasteiger partial charge in [-0.05, 0) is 19.9 Å². The predicted octanol–water partition coefficient (Wildman–Crippen LogP) is 2.68. The molecule has 1 amide bonds. The molecule has 0 spiro atoms. The molecule has 0 aromatic carbocycles. The molecule has 0 unspecified atom stereocenters. The third kappa shape index (κ3) is 3.12. The summed E-state index contributed by atoms with van der Waals surface area (Å²) in [6.07, 6.45) is -3.07. The Morgan fingerprint density at radius 1 is 1.35 bits per heavy atom. The number of hydrogen-bond acceptors (Lipinski definition) is 4. The summed E-state index contributed by atoms with van der Waals surface area (Å²) in [5.41, 5.74) is 0.140. The van der Waals surface area contributed by atoms with Gasteiger partial charge < -0.3 is 5.32 Å². The molecular weight excluding hydrogens is 373 g/mol. The summed E-state index contributed by atoms with van der Waals surface area (Å²) in [5.74, 6) is -0.700. The summed E-state index contributed by atoms with van der Waals surface area (Å²) < 4.78 is 41.8. The highest BCUT2D eigenvalue weighted by Gasteiger charge is 2.36. The zero-order valence-electron chi connectivity index (χ0n) is 14.0. The molecule has 0 fully saturated rings. The van der Waals surface area contributed by atoms with Crippen molar-refractivity contribution in [2.45, 2.75) is 26.6 Å². The number of hydrogen-bond donors (Lipinski definition) is 1. The van der Waals surface area contributed by atoms with E-state index in [4.69, 9.17) is 11.6 Å². The second kappa shape index (κ2) is 6.27. The Hall–Kier alpha value is -2.62. The molecule has 26 heavy (non-hydrogen) atoms. The molecular formula is C15H14ClF3N6O. The number of halogens is 4. The maximum Gasteiger partial charge on any atom is 0.433 e. The van der Waals surface area contributed by atoms with Crippen LogP contribution in [0.5, 0.6) is 0 Å². The first kappa shape index (κ1) is 18.2. The van der Waals surface area contributed by atoms with E-state index in [1.165, 1.54) is 6.92 Å². The second-order valence-electron chi connectivity index (χ2n) is 5.74. The van der Waals surface area contributed by atoms with Gasteiger partial charge in [0.2, 0.25) is 0 Å². The fraction of sp³-hybridized carbons (Fsp3) is 0.333. The molecule has 11 heteroatoms. The summed E-state index contributed by atoms with van der Waals surface area (Å²) >= 11 is 6.07. The average molecular weight is 387 g/mol. The number of nitrogens with zero attached hydrogens (tertiary/aromatic N) is 5. The van der Waals surface area contributed by atoms with Crippen molar-refractivity contribution in [1.82, 2.24) is 29.7 Å². The van der Waals surface area contributed by atoms with Crippen molar-refractivity contribution >= 4 is 23.2 Å². The largest absolute Gasteiger partial charge is 0.433 e. The Morgan fingerprint density at radius 2 is 2.04 bits per heavy atom. The number of nitrogens with one attached hydrogen (secondary N) is 1. The van der Waals surface area contributed by atoms with Gasteiger partial charge in [0.05, 0.1) is 6.20 Å². The lowest BCUT2D eigenvalue weighted by Gasteiger charge is -2.09. The van der Waals surface area contributed by atoms with Gasteiger partial charge in [0, 0.05) is 30.5 Å². The maximum absolute atomic E-state index is 13.2. The fourth-order valence-corrected chi connectivity index (χ4v) is 2.68. The maximum atomic E-state index is 13.2. The predicted molar refractivity (Wildman–Crippen MR) is 86.9 cm³/mol. The second-order valence-corrected chi connectivity index (χ2v) is 6.12. The van der Waals surface area contributed by atoms with Gasteiger partial charge in [-0.25, -0.2) is 9.50 Å². The van der Waals surface area contributed by atoms with Crippen LogP contribution in [0.3, 0.4) is 0 Å². The van der Waals surface area contributed by atoms with Gasteiger partial charge in [-0.2, -0.15) is 23.4 Å². The third-order valence-corrected chi connectivity index (χ3v) is 4.29. The van der Waals surface area contributed by atoms with E-state index >= 15 is 0 Å². The first-order valence-corrected chi connectivity index (χ1v) is 7.86. The van der Waals surface area contributed by atoms with Crippen molar-refractivity contribution in [1.29, 1.82) is 0 Å². The van der Waals surface area contributed by atoms with E-state index in [2.05, 4.69) is 20.5 Å². The monoisotopic (exact) mass is 386 g/mol.